The zero-order chi connectivity index (χ0) is 32.3. The molecular weight excluding hydrogens is 703 g/mol. The van der Waals surface area contributed by atoms with Crippen molar-refractivity contribution in [3.8, 4) is 0 Å². The number of rotatable bonds is 9. The molecule has 0 aliphatic rings. The third kappa shape index (κ3) is 14.6. The quantitative estimate of drug-likeness (QED) is 0.105. The van der Waals surface area contributed by atoms with Crippen molar-refractivity contribution in [1.29, 1.82) is 0 Å². The molecule has 0 fully saturated rings. The summed E-state index contributed by atoms with van der Waals surface area (Å²) >= 11 is 2.95. The number of hydrogen-bond acceptors (Lipinski definition) is 9. The minimum Gasteiger partial charge on any atom is -0.330 e. The predicted octanol–water partition coefficient (Wildman–Crippen LogP) is 6.80. The summed E-state index contributed by atoms with van der Waals surface area (Å²) in [5, 5.41) is 4.62. The number of halogens is 9. The van der Waals surface area contributed by atoms with Crippen molar-refractivity contribution in [3.05, 3.63) is 86.4 Å². The minimum atomic E-state index is -4.98. The molecule has 0 atom stereocenters. The second kappa shape index (κ2) is 17.1. The fourth-order valence-electron chi connectivity index (χ4n) is 2.07. The largest absolute Gasteiger partial charge is 3.00 e. The van der Waals surface area contributed by atoms with Crippen LogP contribution in [0, 0.1) is 19.3 Å². The Morgan fingerprint density at radius 3 is 0.814 bits per heavy atom. The van der Waals surface area contributed by atoms with Gasteiger partial charge in [-0.3, -0.25) is 0 Å². The Balaban J connectivity index is 0.000000608. The van der Waals surface area contributed by atoms with E-state index in [0.717, 1.165) is 34.0 Å². The second-order valence-corrected chi connectivity index (χ2v) is 9.89. The number of Topliss-reactive ketones (excluding diaryl/α,β-unsaturated/α-hetero) is 6. The monoisotopic (exact) mass is 715 g/mol. The van der Waals surface area contributed by atoms with Gasteiger partial charge in [0.25, 0.3) is 0 Å². The van der Waals surface area contributed by atoms with E-state index in [1.807, 2.05) is 0 Å². The fourth-order valence-corrected chi connectivity index (χ4v) is 3.98. The molecule has 0 bridgehead atoms. The average Bonchev–Trinajstić information content (AvgIpc) is 3.66. The van der Waals surface area contributed by atoms with Gasteiger partial charge < -0.3 is 28.8 Å². The molecule has 3 rings (SSSR count). The number of carbonyl (C=O) groups is 6. The van der Waals surface area contributed by atoms with Gasteiger partial charge in [0.15, 0.2) is 17.3 Å². The summed E-state index contributed by atoms with van der Waals surface area (Å²) in [5.74, 6) is -9.13. The van der Waals surface area contributed by atoms with Crippen molar-refractivity contribution >= 4 is 68.7 Å². The summed E-state index contributed by atoms with van der Waals surface area (Å²) in [6.07, 6.45) is -14.8. The summed E-state index contributed by atoms with van der Waals surface area (Å²) in [4.78, 5) is 64.5. The van der Waals surface area contributed by atoms with Crippen molar-refractivity contribution in [2.45, 2.75) is 18.5 Å². The van der Waals surface area contributed by atoms with Gasteiger partial charge >= 0.3 is 35.9 Å². The van der Waals surface area contributed by atoms with Gasteiger partial charge in [0, 0.05) is 17.3 Å². The molecule has 0 saturated carbocycles. The second-order valence-electron chi connectivity index (χ2n) is 7.04. The topological polar surface area (TPSA) is 102 Å². The zero-order valence-corrected chi connectivity index (χ0v) is 24.1. The number of thiophene rings is 3. The van der Waals surface area contributed by atoms with Gasteiger partial charge in [0.05, 0.1) is 0 Å². The van der Waals surface area contributed by atoms with Crippen LogP contribution in [-0.4, -0.2) is 53.2 Å². The van der Waals surface area contributed by atoms with Crippen LogP contribution < -0.4 is 0 Å². The van der Waals surface area contributed by atoms with Crippen molar-refractivity contribution < 1.29 is 85.6 Å². The van der Waals surface area contributed by atoms with E-state index >= 15 is 0 Å². The molecule has 3 heterocycles. The van der Waals surface area contributed by atoms with Crippen LogP contribution in [0.1, 0.15) is 29.0 Å². The van der Waals surface area contributed by atoms with E-state index in [9.17, 15) is 68.3 Å². The van der Waals surface area contributed by atoms with Crippen LogP contribution in [-0.2, 0) is 31.7 Å². The van der Waals surface area contributed by atoms with Crippen molar-refractivity contribution in [1.82, 2.24) is 0 Å². The Hall–Kier alpha value is -3.37. The third-order valence-corrected chi connectivity index (χ3v) is 6.57. The Morgan fingerprint density at radius 1 is 0.465 bits per heavy atom. The molecule has 0 spiro atoms. The number of carbonyl (C=O) groups excluding carboxylic acids is 6. The molecule has 231 valence electrons. The van der Waals surface area contributed by atoms with E-state index in [-0.39, 0.29) is 51.3 Å². The Morgan fingerprint density at radius 2 is 0.674 bits per heavy atom. The molecule has 19 heteroatoms. The van der Waals surface area contributed by atoms with Crippen LogP contribution in [0.2, 0.25) is 0 Å². The summed E-state index contributed by atoms with van der Waals surface area (Å²) in [6, 6.07) is 8.62. The maximum absolute atomic E-state index is 11.7. The third-order valence-electron chi connectivity index (χ3n) is 3.92. The maximum Gasteiger partial charge on any atom is 3.00 e. The van der Waals surface area contributed by atoms with E-state index in [2.05, 4.69) is 0 Å². The van der Waals surface area contributed by atoms with Crippen molar-refractivity contribution in [3.63, 3.8) is 0 Å². The average molecular weight is 716 g/mol. The molecule has 0 saturated heterocycles. The van der Waals surface area contributed by atoms with Crippen LogP contribution in [0.4, 0.5) is 39.5 Å². The zero-order valence-electron chi connectivity index (χ0n) is 20.4. The maximum atomic E-state index is 11.7. The van der Waals surface area contributed by atoms with E-state index in [1.54, 1.807) is 16.1 Å². The first-order chi connectivity index (χ1) is 19.2. The first-order valence-electron chi connectivity index (χ1n) is 10.3. The van der Waals surface area contributed by atoms with E-state index in [4.69, 9.17) is 0 Å². The van der Waals surface area contributed by atoms with E-state index < -0.39 is 53.2 Å². The van der Waals surface area contributed by atoms with Gasteiger partial charge in [-0.2, -0.15) is 39.5 Å². The van der Waals surface area contributed by atoms with E-state index in [1.165, 1.54) is 36.4 Å². The van der Waals surface area contributed by atoms with Crippen molar-refractivity contribution in [2.24, 2.45) is 0 Å². The molecule has 0 unspecified atom stereocenters. The number of hydrogen-bond donors (Lipinski definition) is 0. The molecule has 6 nitrogen and oxygen atoms in total. The van der Waals surface area contributed by atoms with Crippen molar-refractivity contribution in [2.75, 3.05) is 0 Å². The van der Waals surface area contributed by atoms with Crippen LogP contribution in [0.15, 0.2) is 52.5 Å². The normalized spacial score (nSPS) is 10.8. The summed E-state index contributed by atoms with van der Waals surface area (Å²) in [6.45, 7) is 0. The first-order valence-corrected chi connectivity index (χ1v) is 13.0. The predicted molar refractivity (Wildman–Crippen MR) is 132 cm³/mol. The van der Waals surface area contributed by atoms with Crippen LogP contribution in [0.5, 0.6) is 0 Å². The minimum absolute atomic E-state index is 0. The van der Waals surface area contributed by atoms with E-state index in [0.29, 0.717) is 0 Å². The van der Waals surface area contributed by atoms with Gasteiger partial charge in [0.2, 0.25) is 0 Å². The smallest absolute Gasteiger partial charge is 0.330 e. The Bertz CT molecular complexity index is 1190. The van der Waals surface area contributed by atoms with Gasteiger partial charge in [-0.05, 0) is 16.1 Å². The molecule has 3 aromatic rings. The Labute approximate surface area is 258 Å². The molecule has 0 N–H and O–H groups in total. The fraction of sp³-hybridized carbons (Fsp3) is 0.125. The van der Waals surface area contributed by atoms with Crippen LogP contribution in [0.25, 0.3) is 0 Å². The SMILES string of the molecule is O=C([CH-]C(=O)C(F)(F)F)c1cccs1.O=C([CH-]C(=O)C(F)(F)F)c1cccs1.O=C([CH-]C(=O)C(F)(F)F)c1cccs1.[Cr+3]. The summed E-state index contributed by atoms with van der Waals surface area (Å²) in [7, 11) is 0. The molecule has 0 aromatic carbocycles. The Kier molecular flexibility index (Phi) is 15.7. The molecular formula is C24H12CrF9O6S3. The van der Waals surface area contributed by atoms with Crippen LogP contribution >= 0.6 is 34.0 Å². The molecule has 0 amide bonds. The summed E-state index contributed by atoms with van der Waals surface area (Å²) in [5.41, 5.74) is 0. The van der Waals surface area contributed by atoms with Gasteiger partial charge in [-0.15, -0.1) is 37.5 Å². The molecule has 0 aliphatic carbocycles. The van der Waals surface area contributed by atoms with Gasteiger partial charge in [-0.25, -0.2) is 34.0 Å². The van der Waals surface area contributed by atoms with Gasteiger partial charge in [-0.1, -0.05) is 32.8 Å². The molecule has 1 radical (unpaired) electrons. The molecule has 0 aliphatic heterocycles. The standard InChI is InChI=1S/3C8H4F3O2S.Cr/c3*9-8(10,11)7(13)4-5(12)6-2-1-3-14-6;/h3*1-4H;/q3*-1;+3. The van der Waals surface area contributed by atoms with Crippen LogP contribution in [0.3, 0.4) is 0 Å². The van der Waals surface area contributed by atoms with Gasteiger partial charge in [0.1, 0.15) is 0 Å². The number of ketones is 6. The molecule has 3 aromatic heterocycles. The molecule has 43 heavy (non-hydrogen) atoms. The first kappa shape index (κ1) is 39.6. The summed E-state index contributed by atoms with van der Waals surface area (Å²) < 4.78 is 105. The number of alkyl halides is 9.